The topological polar surface area (TPSA) is 47.6 Å². The minimum atomic E-state index is -0.927. The molecule has 4 nitrogen and oxygen atoms in total. The Morgan fingerprint density at radius 3 is 2.43 bits per heavy atom. The van der Waals surface area contributed by atoms with Gasteiger partial charge in [-0.2, -0.15) is 0 Å². The number of nitrogens with one attached hydrogen (secondary N) is 1. The molecule has 0 saturated heterocycles. The Balaban J connectivity index is 2.38. The van der Waals surface area contributed by atoms with Crippen molar-refractivity contribution in [3.63, 3.8) is 0 Å². The number of hydrogen-bond acceptors (Lipinski definition) is 4. The molecule has 0 spiro atoms. The van der Waals surface area contributed by atoms with E-state index in [2.05, 4.69) is 5.09 Å². The normalized spacial score (nSPS) is 14.4. The molecule has 1 N–H and O–H groups in total. The summed E-state index contributed by atoms with van der Waals surface area (Å²) in [5.74, 6) is 0.563. The van der Waals surface area contributed by atoms with Crippen LogP contribution in [0.1, 0.15) is 27.7 Å². The Labute approximate surface area is 132 Å². The van der Waals surface area contributed by atoms with Gasteiger partial charge in [0, 0.05) is 0 Å². The van der Waals surface area contributed by atoms with Gasteiger partial charge in [0.05, 0.1) is 6.10 Å². The largest absolute Gasteiger partial charge is 0.489 e. The number of benzene rings is 1. The second-order valence-corrected chi connectivity index (χ2v) is 8.11. The molecular formula is C15H23NO3PS+. The Morgan fingerprint density at radius 2 is 1.86 bits per heavy atom. The molecular weight excluding hydrogens is 305 g/mol. The maximum Gasteiger partial charge on any atom is 0.327 e. The molecule has 116 valence electrons. The predicted octanol–water partition coefficient (Wildman–Crippen LogP) is 3.24. The third-order valence-corrected chi connectivity index (χ3v) is 5.65. The summed E-state index contributed by atoms with van der Waals surface area (Å²) < 4.78 is 10.8. The van der Waals surface area contributed by atoms with Crippen LogP contribution < -0.4 is 9.82 Å². The summed E-state index contributed by atoms with van der Waals surface area (Å²) in [6, 6.07) is 9.23. The summed E-state index contributed by atoms with van der Waals surface area (Å²) in [5.41, 5.74) is 0.157. The molecule has 1 aromatic rings. The van der Waals surface area contributed by atoms with E-state index >= 15 is 0 Å². The Kier molecular flexibility index (Phi) is 7.79. The number of ether oxygens (including phenoxy) is 2. The molecule has 0 aliphatic carbocycles. The van der Waals surface area contributed by atoms with E-state index in [-0.39, 0.29) is 17.7 Å². The lowest BCUT2D eigenvalue weighted by Crippen LogP contribution is -2.34. The molecule has 1 rings (SSSR count). The van der Waals surface area contributed by atoms with Crippen LogP contribution >= 0.6 is 6.85 Å². The highest BCUT2D eigenvalue weighted by Gasteiger charge is 2.28. The van der Waals surface area contributed by atoms with Crippen molar-refractivity contribution in [2.24, 2.45) is 0 Å². The van der Waals surface area contributed by atoms with Crippen molar-refractivity contribution < 1.29 is 14.3 Å². The molecule has 1 aromatic carbocycles. The number of para-hydroxylation sites is 1. The van der Waals surface area contributed by atoms with Crippen LogP contribution in [-0.2, 0) is 21.3 Å². The van der Waals surface area contributed by atoms with E-state index in [4.69, 9.17) is 21.3 Å². The van der Waals surface area contributed by atoms with Crippen LogP contribution in [0.15, 0.2) is 30.3 Å². The van der Waals surface area contributed by atoms with E-state index in [1.807, 2.05) is 51.1 Å². The van der Waals surface area contributed by atoms with Gasteiger partial charge in [0.15, 0.2) is 17.5 Å². The molecule has 0 fully saturated rings. The van der Waals surface area contributed by atoms with Crippen molar-refractivity contribution >= 4 is 24.6 Å². The highest BCUT2D eigenvalue weighted by atomic mass is 32.4. The highest BCUT2D eigenvalue weighted by Crippen LogP contribution is 2.25. The molecule has 0 bridgehead atoms. The van der Waals surface area contributed by atoms with E-state index in [0.717, 1.165) is 5.75 Å². The van der Waals surface area contributed by atoms with E-state index in [9.17, 15) is 4.79 Å². The Bertz CT molecular complexity index is 467. The second-order valence-electron chi connectivity index (χ2n) is 5.14. The molecule has 0 saturated carbocycles. The quantitative estimate of drug-likeness (QED) is 0.586. The van der Waals surface area contributed by atoms with Crippen LogP contribution in [0.3, 0.4) is 0 Å². The van der Waals surface area contributed by atoms with Gasteiger partial charge < -0.3 is 9.47 Å². The predicted molar refractivity (Wildman–Crippen MR) is 89.5 cm³/mol. The standard InChI is InChI=1S/C15H23NO3PS/c1-11(2)19-15(17)13(4)16-20(21)12(3)10-18-14-8-6-5-7-9-14/h5-9,11-13H,10H2,1-4H3,(H,16,21)/q+1/t12?,13-/m1/s1. The summed E-state index contributed by atoms with van der Waals surface area (Å²) in [6.07, 6.45) is -0.114. The first-order valence-electron chi connectivity index (χ1n) is 7.01. The first-order chi connectivity index (χ1) is 9.90. The molecule has 6 heteroatoms. The van der Waals surface area contributed by atoms with Crippen LogP contribution in [0.4, 0.5) is 0 Å². The van der Waals surface area contributed by atoms with Crippen molar-refractivity contribution in [1.29, 1.82) is 0 Å². The molecule has 0 heterocycles. The van der Waals surface area contributed by atoms with E-state index < -0.39 is 12.9 Å². The third kappa shape index (κ3) is 6.98. The zero-order valence-electron chi connectivity index (χ0n) is 12.9. The molecule has 2 unspecified atom stereocenters. The van der Waals surface area contributed by atoms with Crippen LogP contribution in [0.25, 0.3) is 0 Å². The van der Waals surface area contributed by atoms with Crippen molar-refractivity contribution in [3.8, 4) is 5.75 Å². The van der Waals surface area contributed by atoms with Gasteiger partial charge in [-0.15, -0.1) is 5.09 Å². The van der Waals surface area contributed by atoms with Gasteiger partial charge >= 0.3 is 5.97 Å². The van der Waals surface area contributed by atoms with Crippen molar-refractivity contribution in [1.82, 2.24) is 5.09 Å². The van der Waals surface area contributed by atoms with Crippen molar-refractivity contribution in [2.45, 2.75) is 45.5 Å². The summed E-state index contributed by atoms with van der Waals surface area (Å²) >= 11 is 5.45. The van der Waals surface area contributed by atoms with Gasteiger partial charge in [-0.3, -0.25) is 4.79 Å². The number of esters is 1. The summed E-state index contributed by atoms with van der Waals surface area (Å²) in [4.78, 5) is 11.7. The molecule has 21 heavy (non-hydrogen) atoms. The lowest BCUT2D eigenvalue weighted by atomic mass is 10.3. The Morgan fingerprint density at radius 1 is 1.24 bits per heavy atom. The Hall–Kier alpha value is -1.03. The lowest BCUT2D eigenvalue weighted by molar-refractivity contribution is -0.148. The minimum Gasteiger partial charge on any atom is -0.489 e. The number of hydrogen-bond donors (Lipinski definition) is 1. The summed E-state index contributed by atoms with van der Waals surface area (Å²) in [7, 11) is 0. The molecule has 0 aromatic heterocycles. The fourth-order valence-electron chi connectivity index (χ4n) is 1.51. The van der Waals surface area contributed by atoms with Gasteiger partial charge in [0.1, 0.15) is 18.4 Å². The monoisotopic (exact) mass is 328 g/mol. The van der Waals surface area contributed by atoms with Crippen LogP contribution in [0.2, 0.25) is 0 Å². The maximum atomic E-state index is 11.7. The fourth-order valence-corrected chi connectivity index (χ4v) is 3.11. The van der Waals surface area contributed by atoms with Gasteiger partial charge in [0.25, 0.3) is 6.85 Å². The summed E-state index contributed by atoms with van der Waals surface area (Å²) in [5, 5.41) is 3.15. The molecule has 0 radical (unpaired) electrons. The minimum absolute atomic E-state index is 0.114. The lowest BCUT2D eigenvalue weighted by Gasteiger charge is -2.13. The SMILES string of the molecule is CC(C)OC(=O)[C@@H](C)N[P+](=S)C(C)COc1ccccc1. The second kappa shape index (κ2) is 9.08. The summed E-state index contributed by atoms with van der Waals surface area (Å²) in [6.45, 7) is 7.06. The van der Waals surface area contributed by atoms with E-state index in [0.29, 0.717) is 6.61 Å². The zero-order chi connectivity index (χ0) is 15.8. The third-order valence-electron chi connectivity index (χ3n) is 2.66. The number of rotatable bonds is 8. The molecule has 0 aliphatic rings. The maximum absolute atomic E-state index is 11.7. The van der Waals surface area contributed by atoms with Gasteiger partial charge in [-0.1, -0.05) is 18.2 Å². The van der Waals surface area contributed by atoms with Crippen molar-refractivity contribution in [2.75, 3.05) is 6.61 Å². The molecule has 0 amide bonds. The smallest absolute Gasteiger partial charge is 0.327 e. The molecule has 0 aliphatic heterocycles. The van der Waals surface area contributed by atoms with Crippen LogP contribution in [0, 0.1) is 0 Å². The van der Waals surface area contributed by atoms with E-state index in [1.165, 1.54) is 0 Å². The number of carbonyl (C=O) groups excluding carboxylic acids is 1. The average molecular weight is 328 g/mol. The average Bonchev–Trinajstić information content (AvgIpc) is 2.44. The van der Waals surface area contributed by atoms with Crippen LogP contribution in [0.5, 0.6) is 5.75 Å². The van der Waals surface area contributed by atoms with Gasteiger partial charge in [-0.05, 0) is 39.8 Å². The number of carbonyl (C=O) groups is 1. The van der Waals surface area contributed by atoms with E-state index in [1.54, 1.807) is 6.92 Å². The van der Waals surface area contributed by atoms with Gasteiger partial charge in [-0.25, -0.2) is 0 Å². The molecule has 3 atom stereocenters. The fraction of sp³-hybridized carbons (Fsp3) is 0.533. The van der Waals surface area contributed by atoms with Crippen molar-refractivity contribution in [3.05, 3.63) is 30.3 Å². The first kappa shape index (κ1) is 18.0. The highest BCUT2D eigenvalue weighted by molar-refractivity contribution is 8.04. The van der Waals surface area contributed by atoms with Crippen LogP contribution in [-0.4, -0.2) is 30.4 Å². The first-order valence-corrected chi connectivity index (χ1v) is 9.43. The van der Waals surface area contributed by atoms with Gasteiger partial charge in [0.2, 0.25) is 0 Å². The zero-order valence-corrected chi connectivity index (χ0v) is 14.6.